The van der Waals surface area contributed by atoms with Crippen LogP contribution in [0.25, 0.3) is 0 Å². The lowest BCUT2D eigenvalue weighted by Crippen LogP contribution is -2.37. The summed E-state index contributed by atoms with van der Waals surface area (Å²) in [6, 6.07) is 0. The van der Waals surface area contributed by atoms with Crippen molar-refractivity contribution in [3.63, 3.8) is 0 Å². The maximum Gasteiger partial charge on any atom is 0.426 e. The van der Waals surface area contributed by atoms with E-state index in [2.05, 4.69) is 4.74 Å². The van der Waals surface area contributed by atoms with Gasteiger partial charge in [-0.1, -0.05) is 6.92 Å². The minimum Gasteiger partial charge on any atom is -0.452 e. The van der Waals surface area contributed by atoms with Gasteiger partial charge in [0.25, 0.3) is 0 Å². The van der Waals surface area contributed by atoms with Crippen molar-refractivity contribution >= 4 is 13.6 Å². The van der Waals surface area contributed by atoms with Gasteiger partial charge >= 0.3 is 19.7 Å². The van der Waals surface area contributed by atoms with E-state index in [0.29, 0.717) is 6.42 Å². The molecular weight excluding hydrogens is 324 g/mol. The Hall–Kier alpha value is -0.590. The van der Waals surface area contributed by atoms with Crippen LogP contribution in [0.1, 0.15) is 47.5 Å². The van der Waals surface area contributed by atoms with E-state index in [4.69, 9.17) is 9.05 Å². The summed E-state index contributed by atoms with van der Waals surface area (Å²) in [5.74, 6) is -0.995. The lowest BCUT2D eigenvalue weighted by atomic mass is 10.3. The molecule has 9 heteroatoms. The van der Waals surface area contributed by atoms with Crippen molar-refractivity contribution in [2.45, 2.75) is 71.9 Å². The Morgan fingerprint density at radius 2 is 1.55 bits per heavy atom. The molecule has 0 aliphatic carbocycles. The van der Waals surface area contributed by atoms with Crippen LogP contribution in [0.2, 0.25) is 0 Å². The monoisotopic (exact) mass is 348 g/mol. The van der Waals surface area contributed by atoms with Crippen LogP contribution in [0.4, 0.5) is 13.2 Å². The van der Waals surface area contributed by atoms with Crippen LogP contribution in [0, 0.1) is 0 Å². The van der Waals surface area contributed by atoms with E-state index >= 15 is 0 Å². The molecule has 0 N–H and O–H groups in total. The molecule has 5 nitrogen and oxygen atoms in total. The van der Waals surface area contributed by atoms with E-state index in [1.807, 2.05) is 0 Å². The van der Waals surface area contributed by atoms with E-state index in [1.54, 1.807) is 6.92 Å². The van der Waals surface area contributed by atoms with Crippen LogP contribution >= 0.6 is 7.60 Å². The third-order valence-corrected chi connectivity index (χ3v) is 4.49. The van der Waals surface area contributed by atoms with Crippen molar-refractivity contribution in [2.24, 2.45) is 0 Å². The molecule has 0 aliphatic rings. The molecule has 0 heterocycles. The van der Waals surface area contributed by atoms with Gasteiger partial charge < -0.3 is 13.8 Å². The van der Waals surface area contributed by atoms with Gasteiger partial charge in [-0.15, -0.1) is 0 Å². The van der Waals surface area contributed by atoms with Crippen LogP contribution in [-0.4, -0.2) is 36.6 Å². The molecule has 0 fully saturated rings. The van der Waals surface area contributed by atoms with Gasteiger partial charge in [0.05, 0.1) is 18.4 Å². The highest BCUT2D eigenvalue weighted by molar-refractivity contribution is 7.53. The van der Waals surface area contributed by atoms with E-state index < -0.39 is 44.2 Å². The standard InChI is InChI=1S/C13H24F3O5P/c1-6-7-12(17)19-11(13(14,15)16)8-22(18,20-9(2)3)21-10(4)5/h9-11H,6-8H2,1-5H3. The molecule has 0 aromatic rings. The lowest BCUT2D eigenvalue weighted by Gasteiger charge is -2.27. The lowest BCUT2D eigenvalue weighted by molar-refractivity contribution is -0.216. The van der Waals surface area contributed by atoms with Gasteiger partial charge in [0.15, 0.2) is 0 Å². The zero-order valence-electron chi connectivity index (χ0n) is 13.5. The smallest absolute Gasteiger partial charge is 0.426 e. The van der Waals surface area contributed by atoms with Crippen LogP contribution in [0.15, 0.2) is 0 Å². The molecule has 0 rings (SSSR count). The predicted molar refractivity (Wildman–Crippen MR) is 75.8 cm³/mol. The molecule has 0 radical (unpaired) electrons. The summed E-state index contributed by atoms with van der Waals surface area (Å²) in [6.45, 7) is 7.76. The Morgan fingerprint density at radius 3 is 1.86 bits per heavy atom. The molecule has 0 aromatic heterocycles. The zero-order chi connectivity index (χ0) is 17.6. The third kappa shape index (κ3) is 8.76. The minimum atomic E-state index is -4.85. The Bertz CT molecular complexity index is 382. The number of halogens is 3. The molecule has 132 valence electrons. The molecule has 22 heavy (non-hydrogen) atoms. The van der Waals surface area contributed by atoms with Crippen LogP contribution in [0.3, 0.4) is 0 Å². The highest BCUT2D eigenvalue weighted by atomic mass is 31.2. The van der Waals surface area contributed by atoms with Gasteiger partial charge in [0.1, 0.15) is 0 Å². The number of esters is 1. The number of rotatable bonds is 9. The Labute approximate surface area is 129 Å². The first-order valence-electron chi connectivity index (χ1n) is 7.11. The van der Waals surface area contributed by atoms with E-state index in [1.165, 1.54) is 27.7 Å². The second kappa shape index (κ2) is 8.89. The molecular formula is C13H24F3O5P. The molecule has 0 saturated heterocycles. The van der Waals surface area contributed by atoms with Crippen molar-refractivity contribution < 1.29 is 36.3 Å². The Morgan fingerprint density at radius 1 is 1.09 bits per heavy atom. The number of carbonyl (C=O) groups excluding carboxylic acids is 1. The van der Waals surface area contributed by atoms with Gasteiger partial charge in [-0.05, 0) is 34.1 Å². The summed E-state index contributed by atoms with van der Waals surface area (Å²) in [5, 5.41) is 0. The average Bonchev–Trinajstić information content (AvgIpc) is 2.24. The highest BCUT2D eigenvalue weighted by Crippen LogP contribution is 2.52. The summed E-state index contributed by atoms with van der Waals surface area (Å²) in [5.41, 5.74) is 0. The zero-order valence-corrected chi connectivity index (χ0v) is 14.4. The molecule has 0 bridgehead atoms. The van der Waals surface area contributed by atoms with Crippen LogP contribution in [-0.2, 0) is 23.1 Å². The van der Waals surface area contributed by atoms with Gasteiger partial charge in [0, 0.05) is 6.42 Å². The molecule has 1 unspecified atom stereocenters. The van der Waals surface area contributed by atoms with Gasteiger partial charge in [-0.3, -0.25) is 9.36 Å². The molecule has 0 aliphatic heterocycles. The summed E-state index contributed by atoms with van der Waals surface area (Å²) in [7, 11) is -4.06. The Kier molecular flexibility index (Phi) is 8.65. The number of carbonyl (C=O) groups is 1. The summed E-state index contributed by atoms with van der Waals surface area (Å²) < 4.78 is 66.1. The van der Waals surface area contributed by atoms with E-state index in [-0.39, 0.29) is 6.42 Å². The maximum atomic E-state index is 13.0. The van der Waals surface area contributed by atoms with Crippen molar-refractivity contribution in [1.82, 2.24) is 0 Å². The molecule has 0 saturated carbocycles. The van der Waals surface area contributed by atoms with Crippen LogP contribution in [0.5, 0.6) is 0 Å². The van der Waals surface area contributed by atoms with Gasteiger partial charge in [-0.25, -0.2) is 0 Å². The summed E-state index contributed by atoms with van der Waals surface area (Å²) >= 11 is 0. The Balaban J connectivity index is 5.19. The fraction of sp³-hybridized carbons (Fsp3) is 0.923. The quantitative estimate of drug-likeness (QED) is 0.459. The largest absolute Gasteiger partial charge is 0.452 e. The molecule has 0 spiro atoms. The molecule has 0 amide bonds. The number of alkyl halides is 3. The van der Waals surface area contributed by atoms with E-state index in [9.17, 15) is 22.5 Å². The maximum absolute atomic E-state index is 13.0. The predicted octanol–water partition coefficient (Wildman–Crippen LogP) is 4.30. The SMILES string of the molecule is CCCC(=O)OC(CP(=O)(OC(C)C)OC(C)C)C(F)(F)F. The second-order valence-electron chi connectivity index (χ2n) is 5.37. The highest BCUT2D eigenvalue weighted by Gasteiger charge is 2.48. The molecule has 0 aromatic carbocycles. The first kappa shape index (κ1) is 21.4. The minimum absolute atomic E-state index is 0.146. The van der Waals surface area contributed by atoms with E-state index in [0.717, 1.165) is 0 Å². The van der Waals surface area contributed by atoms with Crippen molar-refractivity contribution in [3.8, 4) is 0 Å². The van der Waals surface area contributed by atoms with Gasteiger partial charge in [0.2, 0.25) is 6.10 Å². The average molecular weight is 348 g/mol. The van der Waals surface area contributed by atoms with Crippen molar-refractivity contribution in [2.75, 3.05) is 6.16 Å². The van der Waals surface area contributed by atoms with Crippen molar-refractivity contribution in [1.29, 1.82) is 0 Å². The van der Waals surface area contributed by atoms with Gasteiger partial charge in [-0.2, -0.15) is 13.2 Å². The number of ether oxygens (including phenoxy) is 1. The summed E-state index contributed by atoms with van der Waals surface area (Å²) in [6.07, 6.45) is -9.40. The first-order valence-corrected chi connectivity index (χ1v) is 8.84. The normalized spacial score (nSPS) is 14.5. The molecule has 1 atom stereocenters. The summed E-state index contributed by atoms with van der Waals surface area (Å²) in [4.78, 5) is 11.3. The first-order chi connectivity index (χ1) is 9.89. The topological polar surface area (TPSA) is 61.8 Å². The third-order valence-electron chi connectivity index (χ3n) is 2.23. The second-order valence-corrected chi connectivity index (χ2v) is 7.38. The van der Waals surface area contributed by atoms with Crippen molar-refractivity contribution in [3.05, 3.63) is 0 Å². The number of hydrogen-bond donors (Lipinski definition) is 0. The fourth-order valence-corrected chi connectivity index (χ4v) is 3.78. The van der Waals surface area contributed by atoms with Crippen LogP contribution < -0.4 is 0 Å². The fourth-order valence-electron chi connectivity index (χ4n) is 1.59. The number of hydrogen-bond acceptors (Lipinski definition) is 5.